The van der Waals surface area contributed by atoms with Crippen molar-refractivity contribution in [1.82, 2.24) is 9.99 Å². The van der Waals surface area contributed by atoms with Gasteiger partial charge < -0.3 is 19.2 Å². The van der Waals surface area contributed by atoms with E-state index in [0.717, 1.165) is 26.5 Å². The highest BCUT2D eigenvalue weighted by Crippen LogP contribution is 2.38. The number of para-hydroxylation sites is 1. The molecular weight excluding hydrogens is 486 g/mol. The topological polar surface area (TPSA) is 101 Å². The maximum atomic E-state index is 13.6. The summed E-state index contributed by atoms with van der Waals surface area (Å²) >= 11 is 0. The number of H-pyrrole nitrogens is 1. The van der Waals surface area contributed by atoms with Crippen LogP contribution in [-0.2, 0) is 32.2 Å². The summed E-state index contributed by atoms with van der Waals surface area (Å²) in [7, 11) is 0. The van der Waals surface area contributed by atoms with Gasteiger partial charge in [0, 0.05) is 16.5 Å². The quantitative estimate of drug-likeness (QED) is 0.260. The molecule has 0 unspecified atom stereocenters. The average molecular weight is 512 g/mol. The molecule has 0 saturated carbocycles. The first-order valence-electron chi connectivity index (χ1n) is 12.1. The molecule has 3 aromatic carbocycles. The second-order valence-electron chi connectivity index (χ2n) is 8.39. The molecule has 0 bridgehead atoms. The molecule has 38 heavy (non-hydrogen) atoms. The van der Waals surface area contributed by atoms with Crippen LogP contribution in [0.5, 0.6) is 0 Å². The molecule has 5 rings (SSSR count). The highest BCUT2D eigenvalue weighted by molar-refractivity contribution is 6.09. The van der Waals surface area contributed by atoms with E-state index in [4.69, 9.17) is 14.2 Å². The molecule has 0 saturated heterocycles. The number of nitrogens with zero attached hydrogens (tertiary/aromatic N) is 2. The highest BCUT2D eigenvalue weighted by atomic mass is 16.6. The van der Waals surface area contributed by atoms with E-state index in [0.29, 0.717) is 11.1 Å². The fraction of sp³-hybridized carbons (Fsp3) is 0.138. The maximum Gasteiger partial charge on any atom is 0.435 e. The number of esters is 1. The van der Waals surface area contributed by atoms with Crippen molar-refractivity contribution in [3.8, 4) is 0 Å². The zero-order valence-corrected chi connectivity index (χ0v) is 20.6. The highest BCUT2D eigenvalue weighted by Gasteiger charge is 2.42. The van der Waals surface area contributed by atoms with E-state index in [-0.39, 0.29) is 31.3 Å². The minimum atomic E-state index is -0.950. The van der Waals surface area contributed by atoms with Gasteiger partial charge >= 0.3 is 18.2 Å². The normalized spacial score (nSPS) is 12.5. The third kappa shape index (κ3) is 4.94. The Morgan fingerprint density at radius 1 is 0.711 bits per heavy atom. The SMILES string of the molecule is CCOC(=O)C1=Cc2c([nH]c3ccccc23)N(C(=O)OCc2ccccc2)N1C(=O)OCc1ccccc1. The van der Waals surface area contributed by atoms with Gasteiger partial charge in [-0.2, -0.15) is 10.0 Å². The first-order valence-corrected chi connectivity index (χ1v) is 12.1. The molecule has 9 nitrogen and oxygen atoms in total. The van der Waals surface area contributed by atoms with Crippen LogP contribution in [0.1, 0.15) is 23.6 Å². The molecule has 1 aromatic heterocycles. The van der Waals surface area contributed by atoms with Gasteiger partial charge in [-0.25, -0.2) is 14.4 Å². The summed E-state index contributed by atoms with van der Waals surface area (Å²) in [5.41, 5.74) is 2.56. The van der Waals surface area contributed by atoms with Gasteiger partial charge in [-0.05, 0) is 30.2 Å². The van der Waals surface area contributed by atoms with Crippen LogP contribution in [0.4, 0.5) is 15.4 Å². The van der Waals surface area contributed by atoms with Crippen molar-refractivity contribution < 1.29 is 28.6 Å². The molecule has 0 atom stereocenters. The number of amides is 2. The Labute approximate surface area is 218 Å². The van der Waals surface area contributed by atoms with Crippen LogP contribution in [-0.4, -0.2) is 34.8 Å². The summed E-state index contributed by atoms with van der Waals surface area (Å²) in [5, 5.41) is 2.59. The lowest BCUT2D eigenvalue weighted by Crippen LogP contribution is -2.53. The number of nitrogens with one attached hydrogen (secondary N) is 1. The Kier molecular flexibility index (Phi) is 7.08. The molecule has 2 amide bonds. The van der Waals surface area contributed by atoms with Crippen LogP contribution in [0.15, 0.2) is 90.6 Å². The number of rotatable bonds is 6. The Morgan fingerprint density at radius 3 is 1.87 bits per heavy atom. The van der Waals surface area contributed by atoms with Gasteiger partial charge in [0.15, 0.2) is 5.70 Å². The number of anilines is 1. The smallest absolute Gasteiger partial charge is 0.435 e. The summed E-state index contributed by atoms with van der Waals surface area (Å²) in [6, 6.07) is 25.6. The van der Waals surface area contributed by atoms with Gasteiger partial charge in [0.05, 0.1) is 6.61 Å². The van der Waals surface area contributed by atoms with Gasteiger partial charge in [0.25, 0.3) is 0 Å². The van der Waals surface area contributed by atoms with E-state index >= 15 is 0 Å². The number of hydrogen-bond donors (Lipinski definition) is 1. The molecule has 0 radical (unpaired) electrons. The van der Waals surface area contributed by atoms with Crippen LogP contribution in [0, 0.1) is 0 Å². The van der Waals surface area contributed by atoms with Gasteiger partial charge in [0.2, 0.25) is 0 Å². The predicted octanol–water partition coefficient (Wildman–Crippen LogP) is 5.78. The van der Waals surface area contributed by atoms with E-state index in [1.165, 1.54) is 6.08 Å². The number of aromatic nitrogens is 1. The Morgan fingerprint density at radius 2 is 1.26 bits per heavy atom. The number of hydrogen-bond acceptors (Lipinski definition) is 6. The number of carbonyl (C=O) groups excluding carboxylic acids is 3. The van der Waals surface area contributed by atoms with Gasteiger partial charge in [-0.1, -0.05) is 78.9 Å². The summed E-state index contributed by atoms with van der Waals surface area (Å²) in [4.78, 5) is 43.3. The van der Waals surface area contributed by atoms with Crippen molar-refractivity contribution in [2.24, 2.45) is 0 Å². The molecule has 2 heterocycles. The minimum Gasteiger partial charge on any atom is -0.461 e. The predicted molar refractivity (Wildman–Crippen MR) is 140 cm³/mol. The van der Waals surface area contributed by atoms with Gasteiger partial charge in [0.1, 0.15) is 19.0 Å². The third-order valence-electron chi connectivity index (χ3n) is 5.89. The van der Waals surface area contributed by atoms with Gasteiger partial charge in [-0.3, -0.25) is 0 Å². The first kappa shape index (κ1) is 24.6. The summed E-state index contributed by atoms with van der Waals surface area (Å²) in [5.74, 6) is -0.532. The van der Waals surface area contributed by atoms with Gasteiger partial charge in [-0.15, -0.1) is 0 Å². The van der Waals surface area contributed by atoms with Crippen LogP contribution < -0.4 is 5.01 Å². The number of aromatic amines is 1. The monoisotopic (exact) mass is 511 g/mol. The van der Waals surface area contributed by atoms with Crippen molar-refractivity contribution >= 4 is 41.0 Å². The standard InChI is InChI=1S/C29H25N3O6/c1-2-36-27(33)25-17-23-22-15-9-10-16-24(22)30-26(23)32(29(35)38-19-21-13-7-4-8-14-21)31(25)28(34)37-18-20-11-5-3-6-12-20/h3-17,30H,2,18-19H2,1H3. The molecule has 1 aliphatic rings. The second-order valence-corrected chi connectivity index (χ2v) is 8.39. The Hall–Kier alpha value is -5.05. The molecule has 1 aliphatic heterocycles. The minimum absolute atomic E-state index is 0.0446. The lowest BCUT2D eigenvalue weighted by atomic mass is 10.1. The van der Waals surface area contributed by atoms with Crippen LogP contribution in [0.25, 0.3) is 17.0 Å². The zero-order chi connectivity index (χ0) is 26.5. The second kappa shape index (κ2) is 10.9. The van der Waals surface area contributed by atoms with E-state index in [1.54, 1.807) is 19.1 Å². The summed E-state index contributed by atoms with van der Waals surface area (Å²) < 4.78 is 16.4. The van der Waals surface area contributed by atoms with E-state index in [9.17, 15) is 14.4 Å². The van der Waals surface area contributed by atoms with E-state index in [2.05, 4.69) is 4.98 Å². The first-order chi connectivity index (χ1) is 18.6. The fourth-order valence-electron chi connectivity index (χ4n) is 4.13. The number of carbonyl (C=O) groups is 3. The van der Waals surface area contributed by atoms with Crippen molar-refractivity contribution in [3.63, 3.8) is 0 Å². The Bertz CT molecular complexity index is 1500. The zero-order valence-electron chi connectivity index (χ0n) is 20.6. The molecule has 9 heteroatoms. The molecule has 0 spiro atoms. The maximum absolute atomic E-state index is 13.6. The lowest BCUT2D eigenvalue weighted by Gasteiger charge is -2.35. The Balaban J connectivity index is 1.55. The van der Waals surface area contributed by atoms with Crippen LogP contribution in [0.3, 0.4) is 0 Å². The largest absolute Gasteiger partial charge is 0.461 e. The number of fused-ring (bicyclic) bond motifs is 3. The van der Waals surface area contributed by atoms with E-state index < -0.39 is 18.2 Å². The number of benzene rings is 3. The number of hydrazine groups is 1. The molecule has 192 valence electrons. The molecule has 0 fully saturated rings. The van der Waals surface area contributed by atoms with Crippen molar-refractivity contribution in [2.45, 2.75) is 20.1 Å². The number of ether oxygens (including phenoxy) is 3. The fourth-order valence-corrected chi connectivity index (χ4v) is 4.13. The third-order valence-corrected chi connectivity index (χ3v) is 5.89. The van der Waals surface area contributed by atoms with Crippen molar-refractivity contribution in [1.29, 1.82) is 0 Å². The molecule has 0 aliphatic carbocycles. The van der Waals surface area contributed by atoms with Crippen LogP contribution >= 0.6 is 0 Å². The average Bonchev–Trinajstić information content (AvgIpc) is 3.33. The van der Waals surface area contributed by atoms with Crippen molar-refractivity contribution in [3.05, 3.63) is 107 Å². The molecule has 1 N–H and O–H groups in total. The summed E-state index contributed by atoms with van der Waals surface area (Å²) in [6.45, 7) is 1.61. The lowest BCUT2D eigenvalue weighted by molar-refractivity contribution is -0.140. The summed E-state index contributed by atoms with van der Waals surface area (Å²) in [6.07, 6.45) is -0.320. The molecular formula is C29H25N3O6. The van der Waals surface area contributed by atoms with E-state index in [1.807, 2.05) is 72.8 Å². The van der Waals surface area contributed by atoms with Crippen molar-refractivity contribution in [2.75, 3.05) is 11.6 Å². The van der Waals surface area contributed by atoms with Crippen LogP contribution in [0.2, 0.25) is 0 Å². The molecule has 4 aromatic rings.